The van der Waals surface area contributed by atoms with Gasteiger partial charge in [-0.3, -0.25) is 9.49 Å². The Morgan fingerprint density at radius 1 is 0.432 bits per heavy atom. The quantitative estimate of drug-likeness (QED) is 0.154. The molecule has 0 N–H and O–H groups in total. The van der Waals surface area contributed by atoms with E-state index in [1.807, 2.05) is 0 Å². The molecular weight excluding hydrogens is 570 g/mol. The van der Waals surface area contributed by atoms with Gasteiger partial charge in [0.15, 0.2) is 0 Å². The second-order valence-electron chi connectivity index (χ2n) is 12.2. The Labute approximate surface area is 261 Å². The van der Waals surface area contributed by atoms with Crippen molar-refractivity contribution in [1.82, 2.24) is 0 Å². The van der Waals surface area contributed by atoms with Crippen LogP contribution in [0.1, 0.15) is 50.7 Å². The van der Waals surface area contributed by atoms with Gasteiger partial charge in [-0.05, 0) is 71.8 Å². The van der Waals surface area contributed by atoms with Crippen molar-refractivity contribution in [3.05, 3.63) is 132 Å². The van der Waals surface area contributed by atoms with Crippen molar-refractivity contribution in [3.63, 3.8) is 0 Å². The minimum absolute atomic E-state index is 1.07. The third-order valence-electron chi connectivity index (χ3n) is 9.52. The van der Waals surface area contributed by atoms with Gasteiger partial charge in [0.25, 0.3) is 0 Å². The first kappa shape index (κ1) is 27.8. The lowest BCUT2D eigenvalue weighted by Gasteiger charge is -2.29. The summed E-state index contributed by atoms with van der Waals surface area (Å²) in [6.45, 7) is -0.357. The van der Waals surface area contributed by atoms with Crippen LogP contribution in [0.15, 0.2) is 131 Å². The highest BCUT2D eigenvalue weighted by atomic mass is 32.1. The molecule has 6 aromatic rings. The van der Waals surface area contributed by atoms with Crippen molar-refractivity contribution >= 4 is 67.6 Å². The first-order chi connectivity index (χ1) is 21.7. The van der Waals surface area contributed by atoms with Crippen molar-refractivity contribution in [1.29, 1.82) is 0 Å². The van der Waals surface area contributed by atoms with Gasteiger partial charge < -0.3 is 0 Å². The summed E-state index contributed by atoms with van der Waals surface area (Å²) in [5.74, 6) is 0. The van der Waals surface area contributed by atoms with Crippen LogP contribution in [0, 0.1) is 0 Å². The van der Waals surface area contributed by atoms with Gasteiger partial charge in [-0.1, -0.05) is 124 Å². The molecule has 0 saturated heterocycles. The molecule has 44 heavy (non-hydrogen) atoms. The molecule has 2 aliphatic heterocycles. The third kappa shape index (κ3) is 4.01. The van der Waals surface area contributed by atoms with E-state index in [0.29, 0.717) is 0 Å². The summed E-state index contributed by atoms with van der Waals surface area (Å²) in [7, 11) is 0. The number of nitrogens with zero attached hydrogens (tertiary/aromatic N) is 2. The molecule has 0 unspecified atom stereocenters. The van der Waals surface area contributed by atoms with Crippen LogP contribution in [0.2, 0.25) is 0 Å². The number of fused-ring (bicyclic) bond motifs is 5. The molecule has 2 nitrogen and oxygen atoms in total. The molecule has 0 bridgehead atoms. The summed E-state index contributed by atoms with van der Waals surface area (Å²) in [6, 6.07) is 45.9. The Morgan fingerprint density at radius 3 is 1.09 bits per heavy atom. The summed E-state index contributed by atoms with van der Waals surface area (Å²) in [4.78, 5) is 0. The van der Waals surface area contributed by atoms with E-state index in [1.54, 1.807) is 0 Å². The highest BCUT2D eigenvalue weighted by Crippen LogP contribution is 2.89. The van der Waals surface area contributed by atoms with E-state index >= 15 is 0 Å². The average Bonchev–Trinajstić information content (AvgIpc) is 3.45. The van der Waals surface area contributed by atoms with Gasteiger partial charge >= 0.3 is 0 Å². The van der Waals surface area contributed by atoms with Crippen LogP contribution in [-0.2, 0) is 12.8 Å². The molecule has 4 heteroatoms. The van der Waals surface area contributed by atoms with Gasteiger partial charge in [0.1, 0.15) is 0 Å². The van der Waals surface area contributed by atoms with Gasteiger partial charge in [0, 0.05) is 32.0 Å². The van der Waals surface area contributed by atoms with E-state index in [2.05, 4.69) is 135 Å². The fraction of sp³-hybridized carbons (Fsp3) is 0.200. The lowest BCUT2D eigenvalue weighted by atomic mass is 10.1. The topological polar surface area (TPSA) is 24.7 Å². The SMILES string of the molecule is CCCCc1ccc(N=P23c4cccc5cccc(c45)P2(=Nc2ccc(CCCC)cc2)c2cccc4cccc3c24)cc1. The van der Waals surface area contributed by atoms with Crippen molar-refractivity contribution < 1.29 is 0 Å². The molecule has 2 aliphatic rings. The Bertz CT molecular complexity index is 1920. The molecule has 0 aliphatic carbocycles. The number of hydrogen-bond acceptors (Lipinski definition) is 2. The van der Waals surface area contributed by atoms with Crippen LogP contribution >= 0.6 is 13.5 Å². The lowest BCUT2D eigenvalue weighted by molar-refractivity contribution is 0.795. The summed E-state index contributed by atoms with van der Waals surface area (Å²) in [6.07, 6.45) is 7.08. The van der Waals surface area contributed by atoms with E-state index in [-0.39, 0.29) is 0 Å². The second-order valence-corrected chi connectivity index (χ2v) is 20.5. The van der Waals surface area contributed by atoms with Crippen LogP contribution in [0.4, 0.5) is 11.4 Å². The van der Waals surface area contributed by atoms with E-state index in [4.69, 9.17) is 9.49 Å². The van der Waals surface area contributed by atoms with Gasteiger partial charge in [-0.2, -0.15) is 0 Å². The molecule has 8 rings (SSSR count). The maximum Gasteiger partial charge on any atom is 0.0801 e. The number of unbranched alkanes of at least 4 members (excludes halogenated alkanes) is 2. The first-order valence-corrected chi connectivity index (χ1v) is 20.4. The molecule has 0 atom stereocenters. The van der Waals surface area contributed by atoms with Crippen LogP contribution in [-0.4, -0.2) is 0 Å². The maximum absolute atomic E-state index is 6.05. The minimum atomic E-state index is -2.44. The average molecular weight is 609 g/mol. The fourth-order valence-corrected chi connectivity index (χ4v) is 21.6. The molecule has 218 valence electrons. The molecular formula is C40H38N2P2. The molecule has 0 spiro atoms. The highest BCUT2D eigenvalue weighted by Gasteiger charge is 2.55. The van der Waals surface area contributed by atoms with E-state index in [0.717, 1.165) is 24.2 Å². The van der Waals surface area contributed by atoms with Gasteiger partial charge in [0.05, 0.1) is 24.9 Å². The maximum atomic E-state index is 6.05. The normalized spacial score (nSPS) is 19.4. The Balaban J connectivity index is 1.50. The molecule has 0 amide bonds. The Morgan fingerprint density at radius 2 is 0.773 bits per heavy atom. The number of aryl methyl sites for hydroxylation is 2. The van der Waals surface area contributed by atoms with E-state index in [9.17, 15) is 0 Å². The monoisotopic (exact) mass is 608 g/mol. The smallest absolute Gasteiger partial charge is 0.0801 e. The van der Waals surface area contributed by atoms with Crippen molar-refractivity contribution in [2.75, 3.05) is 0 Å². The highest BCUT2D eigenvalue weighted by molar-refractivity contribution is 8.51. The largest absolute Gasteiger partial charge is 0.252 e. The standard InChI is InChI=1S/C40H38N2P2/c1-3-5-11-29-21-25-33(26-22-29)41-43-35-17-7-13-31-15-9-19-37(39(31)35)44(43,42-34-27-23-30(24-28-34)12-6-4-2)38-20-10-16-32-14-8-18-36(43)40(32)38/h7-10,13-28H,3-6,11-12H2,1-2H3. The number of rotatable bonds is 8. The van der Waals surface area contributed by atoms with Crippen molar-refractivity contribution in [2.45, 2.75) is 52.4 Å². The first-order valence-electron chi connectivity index (χ1n) is 16.2. The van der Waals surface area contributed by atoms with Gasteiger partial charge in [0.2, 0.25) is 0 Å². The molecule has 6 aromatic carbocycles. The minimum Gasteiger partial charge on any atom is -0.252 e. The lowest BCUT2D eigenvalue weighted by Crippen LogP contribution is -2.12. The summed E-state index contributed by atoms with van der Waals surface area (Å²) < 4.78 is 12.1. The molecule has 0 saturated carbocycles. The Kier molecular flexibility index (Phi) is 6.97. The van der Waals surface area contributed by atoms with Gasteiger partial charge in [-0.15, -0.1) is 0 Å². The Hall–Kier alpha value is -3.70. The number of hydrogen-bond donors (Lipinski definition) is 0. The van der Waals surface area contributed by atoms with Crippen LogP contribution in [0.3, 0.4) is 0 Å². The van der Waals surface area contributed by atoms with Crippen LogP contribution in [0.5, 0.6) is 0 Å². The zero-order valence-corrected chi connectivity index (χ0v) is 27.4. The van der Waals surface area contributed by atoms with E-state index in [1.165, 1.54) is 79.6 Å². The molecule has 2 heterocycles. The molecule has 0 radical (unpaired) electrons. The molecule has 0 fully saturated rings. The van der Waals surface area contributed by atoms with Crippen molar-refractivity contribution in [2.24, 2.45) is 9.49 Å². The summed E-state index contributed by atoms with van der Waals surface area (Å²) in [5, 5.41) is 11.0. The van der Waals surface area contributed by atoms with Crippen LogP contribution < -0.4 is 21.2 Å². The van der Waals surface area contributed by atoms with Crippen LogP contribution in [0.25, 0.3) is 21.5 Å². The summed E-state index contributed by atoms with van der Waals surface area (Å²) in [5.41, 5.74) is 4.93. The van der Waals surface area contributed by atoms with Crippen molar-refractivity contribution in [3.8, 4) is 0 Å². The predicted molar refractivity (Wildman–Crippen MR) is 195 cm³/mol. The fourth-order valence-electron chi connectivity index (χ4n) is 7.43. The second kappa shape index (κ2) is 11.0. The zero-order chi connectivity index (χ0) is 29.7. The van der Waals surface area contributed by atoms with E-state index < -0.39 is 13.5 Å². The zero-order valence-electron chi connectivity index (χ0n) is 25.6. The predicted octanol–water partition coefficient (Wildman–Crippen LogP) is 10.9. The third-order valence-corrected chi connectivity index (χ3v) is 21.2. The number of benzene rings is 6. The van der Waals surface area contributed by atoms with Gasteiger partial charge in [-0.25, -0.2) is 0 Å². The molecule has 0 aromatic heterocycles. The summed E-state index contributed by atoms with van der Waals surface area (Å²) >= 11 is 0.